The van der Waals surface area contributed by atoms with E-state index in [-0.39, 0.29) is 11.3 Å². The standard InChI is InChI=1S/C21H22N4O5/c1-3-29-19-10-9-15(11-20(19)30-4-2)13-24-14-16(12-22-24)23-21(26)17-7-5-6-8-18(17)25(27)28/h5-12,14H,3-4,13H2,1-2H3,(H,23,26). The van der Waals surface area contributed by atoms with Crippen molar-refractivity contribution >= 4 is 17.3 Å². The molecule has 9 heteroatoms. The first-order valence-electron chi connectivity index (χ1n) is 9.47. The molecular weight excluding hydrogens is 388 g/mol. The van der Waals surface area contributed by atoms with Crippen LogP contribution in [0.2, 0.25) is 0 Å². The van der Waals surface area contributed by atoms with Crippen LogP contribution in [0.4, 0.5) is 11.4 Å². The average molecular weight is 410 g/mol. The quantitative estimate of drug-likeness (QED) is 0.423. The molecule has 156 valence electrons. The van der Waals surface area contributed by atoms with Gasteiger partial charge in [-0.3, -0.25) is 19.6 Å². The Morgan fingerprint density at radius 1 is 1.13 bits per heavy atom. The van der Waals surface area contributed by atoms with Crippen LogP contribution in [-0.2, 0) is 6.54 Å². The molecule has 0 fully saturated rings. The second-order valence-electron chi connectivity index (χ2n) is 6.30. The highest BCUT2D eigenvalue weighted by Crippen LogP contribution is 2.29. The molecule has 9 nitrogen and oxygen atoms in total. The highest BCUT2D eigenvalue weighted by Gasteiger charge is 2.19. The molecule has 0 radical (unpaired) electrons. The van der Waals surface area contributed by atoms with Gasteiger partial charge in [-0.05, 0) is 37.6 Å². The highest BCUT2D eigenvalue weighted by atomic mass is 16.6. The molecule has 0 saturated heterocycles. The Labute approximate surface area is 173 Å². The fraction of sp³-hybridized carbons (Fsp3) is 0.238. The van der Waals surface area contributed by atoms with Crippen molar-refractivity contribution in [3.8, 4) is 11.5 Å². The van der Waals surface area contributed by atoms with Gasteiger partial charge < -0.3 is 14.8 Å². The first-order chi connectivity index (χ1) is 14.5. The average Bonchev–Trinajstić information content (AvgIpc) is 3.17. The van der Waals surface area contributed by atoms with Crippen molar-refractivity contribution in [1.82, 2.24) is 9.78 Å². The van der Waals surface area contributed by atoms with Gasteiger partial charge in [0.25, 0.3) is 11.6 Å². The number of hydrogen-bond donors (Lipinski definition) is 1. The normalized spacial score (nSPS) is 10.5. The van der Waals surface area contributed by atoms with Crippen molar-refractivity contribution in [2.45, 2.75) is 20.4 Å². The topological polar surface area (TPSA) is 109 Å². The molecular formula is C21H22N4O5. The van der Waals surface area contributed by atoms with Crippen LogP contribution in [0.25, 0.3) is 0 Å². The number of nitro benzene ring substituents is 1. The van der Waals surface area contributed by atoms with E-state index in [1.54, 1.807) is 16.9 Å². The Morgan fingerprint density at radius 2 is 1.87 bits per heavy atom. The smallest absolute Gasteiger partial charge is 0.282 e. The van der Waals surface area contributed by atoms with Crippen LogP contribution in [0.5, 0.6) is 11.5 Å². The second kappa shape index (κ2) is 9.55. The van der Waals surface area contributed by atoms with E-state index < -0.39 is 10.8 Å². The van der Waals surface area contributed by atoms with Crippen molar-refractivity contribution < 1.29 is 19.2 Å². The molecule has 0 aliphatic rings. The van der Waals surface area contributed by atoms with Gasteiger partial charge in [0.05, 0.1) is 36.6 Å². The summed E-state index contributed by atoms with van der Waals surface area (Å²) in [5.41, 5.74) is 1.12. The van der Waals surface area contributed by atoms with Crippen molar-refractivity contribution in [2.24, 2.45) is 0 Å². The predicted molar refractivity (Wildman–Crippen MR) is 111 cm³/mol. The van der Waals surface area contributed by atoms with Gasteiger partial charge in [-0.25, -0.2) is 0 Å². The third-order valence-corrected chi connectivity index (χ3v) is 4.19. The van der Waals surface area contributed by atoms with Crippen LogP contribution in [0, 0.1) is 10.1 Å². The van der Waals surface area contributed by atoms with Gasteiger partial charge in [0.2, 0.25) is 0 Å². The molecule has 1 heterocycles. The Bertz CT molecular complexity index is 1050. The lowest BCUT2D eigenvalue weighted by Crippen LogP contribution is -2.13. The van der Waals surface area contributed by atoms with E-state index in [1.165, 1.54) is 24.4 Å². The van der Waals surface area contributed by atoms with E-state index in [1.807, 2.05) is 32.0 Å². The van der Waals surface area contributed by atoms with Gasteiger partial charge in [-0.15, -0.1) is 0 Å². The number of carbonyl (C=O) groups excluding carboxylic acids is 1. The minimum Gasteiger partial charge on any atom is -0.490 e. The summed E-state index contributed by atoms with van der Waals surface area (Å²) in [6.07, 6.45) is 3.15. The molecule has 0 aliphatic carbocycles. The summed E-state index contributed by atoms with van der Waals surface area (Å²) in [6, 6.07) is 11.5. The van der Waals surface area contributed by atoms with E-state index in [0.717, 1.165) is 5.56 Å². The first kappa shape index (κ1) is 20.8. The van der Waals surface area contributed by atoms with Crippen LogP contribution in [0.15, 0.2) is 54.9 Å². The third kappa shape index (κ3) is 4.93. The summed E-state index contributed by atoms with van der Waals surface area (Å²) in [5.74, 6) is 0.774. The number of nitro groups is 1. The predicted octanol–water partition coefficient (Wildman–Crippen LogP) is 3.89. The molecule has 0 atom stereocenters. The Kier molecular flexibility index (Phi) is 6.63. The third-order valence-electron chi connectivity index (χ3n) is 4.19. The zero-order valence-electron chi connectivity index (χ0n) is 16.7. The molecule has 0 spiro atoms. The van der Waals surface area contributed by atoms with E-state index in [4.69, 9.17) is 9.47 Å². The molecule has 1 aromatic heterocycles. The number of para-hydroxylation sites is 1. The number of carbonyl (C=O) groups is 1. The number of ether oxygens (including phenoxy) is 2. The maximum absolute atomic E-state index is 12.4. The lowest BCUT2D eigenvalue weighted by Gasteiger charge is -2.12. The molecule has 1 amide bonds. The molecule has 0 bridgehead atoms. The summed E-state index contributed by atoms with van der Waals surface area (Å²) < 4.78 is 12.9. The Hall–Kier alpha value is -3.88. The summed E-state index contributed by atoms with van der Waals surface area (Å²) in [5, 5.41) is 18.0. The van der Waals surface area contributed by atoms with Crippen LogP contribution in [-0.4, -0.2) is 33.8 Å². The summed E-state index contributed by atoms with van der Waals surface area (Å²) in [7, 11) is 0. The number of nitrogens with zero attached hydrogens (tertiary/aromatic N) is 3. The van der Waals surface area contributed by atoms with E-state index in [2.05, 4.69) is 10.4 Å². The summed E-state index contributed by atoms with van der Waals surface area (Å²) >= 11 is 0. The molecule has 1 N–H and O–H groups in total. The molecule has 0 saturated carbocycles. The number of benzene rings is 2. The molecule has 3 aromatic rings. The number of rotatable bonds is 9. The zero-order valence-corrected chi connectivity index (χ0v) is 16.7. The van der Waals surface area contributed by atoms with Crippen molar-refractivity contribution in [2.75, 3.05) is 18.5 Å². The number of aromatic nitrogens is 2. The molecule has 0 unspecified atom stereocenters. The van der Waals surface area contributed by atoms with E-state index in [9.17, 15) is 14.9 Å². The lowest BCUT2D eigenvalue weighted by atomic mass is 10.1. The molecule has 2 aromatic carbocycles. The highest BCUT2D eigenvalue weighted by molar-refractivity contribution is 6.06. The van der Waals surface area contributed by atoms with Gasteiger partial charge in [0.1, 0.15) is 5.56 Å². The van der Waals surface area contributed by atoms with Crippen LogP contribution < -0.4 is 14.8 Å². The summed E-state index contributed by atoms with van der Waals surface area (Å²) in [6.45, 7) is 5.33. The van der Waals surface area contributed by atoms with Crippen LogP contribution in [0.1, 0.15) is 29.8 Å². The Morgan fingerprint density at radius 3 is 2.60 bits per heavy atom. The van der Waals surface area contributed by atoms with E-state index >= 15 is 0 Å². The maximum atomic E-state index is 12.4. The number of nitrogens with one attached hydrogen (secondary N) is 1. The first-order valence-corrected chi connectivity index (χ1v) is 9.47. The number of anilines is 1. The molecule has 30 heavy (non-hydrogen) atoms. The minimum absolute atomic E-state index is 0.0110. The van der Waals surface area contributed by atoms with E-state index in [0.29, 0.717) is 36.9 Å². The lowest BCUT2D eigenvalue weighted by molar-refractivity contribution is -0.385. The van der Waals surface area contributed by atoms with Gasteiger partial charge in [0, 0.05) is 12.3 Å². The van der Waals surface area contributed by atoms with Gasteiger partial charge in [0.15, 0.2) is 11.5 Å². The van der Waals surface area contributed by atoms with Gasteiger partial charge in [-0.1, -0.05) is 18.2 Å². The maximum Gasteiger partial charge on any atom is 0.282 e. The second-order valence-corrected chi connectivity index (χ2v) is 6.30. The van der Waals surface area contributed by atoms with Crippen molar-refractivity contribution in [3.05, 3.63) is 76.1 Å². The SMILES string of the molecule is CCOc1ccc(Cn2cc(NC(=O)c3ccccc3[N+](=O)[O-])cn2)cc1OCC. The summed E-state index contributed by atoms with van der Waals surface area (Å²) in [4.78, 5) is 23.0. The van der Waals surface area contributed by atoms with Crippen LogP contribution in [0.3, 0.4) is 0 Å². The number of hydrogen-bond acceptors (Lipinski definition) is 6. The van der Waals surface area contributed by atoms with Gasteiger partial charge in [-0.2, -0.15) is 5.10 Å². The Balaban J connectivity index is 1.72. The fourth-order valence-electron chi connectivity index (χ4n) is 2.92. The fourth-order valence-corrected chi connectivity index (χ4v) is 2.92. The molecule has 0 aliphatic heterocycles. The zero-order chi connectivity index (χ0) is 21.5. The monoisotopic (exact) mass is 410 g/mol. The van der Waals surface area contributed by atoms with Crippen molar-refractivity contribution in [1.29, 1.82) is 0 Å². The van der Waals surface area contributed by atoms with Crippen LogP contribution >= 0.6 is 0 Å². The molecule has 3 rings (SSSR count). The minimum atomic E-state index is -0.583. The largest absolute Gasteiger partial charge is 0.490 e. The van der Waals surface area contributed by atoms with Gasteiger partial charge >= 0.3 is 0 Å². The van der Waals surface area contributed by atoms with Crippen molar-refractivity contribution in [3.63, 3.8) is 0 Å². The number of amides is 1.